The van der Waals surface area contributed by atoms with Crippen LogP contribution in [0.2, 0.25) is 0 Å². The highest BCUT2D eigenvalue weighted by molar-refractivity contribution is 5.31. The quantitative estimate of drug-likeness (QED) is 0.751. The zero-order valence-electron chi connectivity index (χ0n) is 10.9. The molecule has 0 amide bonds. The SMILES string of the molecule is COc1ccc(OCCNC[C@@H]2CCCO2)cc1. The number of hydrogen-bond acceptors (Lipinski definition) is 4. The summed E-state index contributed by atoms with van der Waals surface area (Å²) < 4.78 is 16.2. The second-order valence-corrected chi connectivity index (χ2v) is 4.36. The third-order valence-electron chi connectivity index (χ3n) is 3.00. The summed E-state index contributed by atoms with van der Waals surface area (Å²) in [5, 5.41) is 3.35. The molecule has 0 saturated carbocycles. The van der Waals surface area contributed by atoms with Crippen LogP contribution in [-0.4, -0.2) is 39.5 Å². The van der Waals surface area contributed by atoms with Crippen molar-refractivity contribution in [3.05, 3.63) is 24.3 Å². The minimum absolute atomic E-state index is 0.394. The number of ether oxygens (including phenoxy) is 3. The molecule has 1 aromatic rings. The van der Waals surface area contributed by atoms with Crippen LogP contribution in [0.1, 0.15) is 12.8 Å². The predicted octanol–water partition coefficient (Wildman–Crippen LogP) is 1.84. The molecule has 100 valence electrons. The molecule has 1 fully saturated rings. The molecule has 1 saturated heterocycles. The van der Waals surface area contributed by atoms with E-state index in [0.29, 0.717) is 12.7 Å². The zero-order chi connectivity index (χ0) is 12.6. The van der Waals surface area contributed by atoms with Gasteiger partial charge in [-0.3, -0.25) is 0 Å². The summed E-state index contributed by atoms with van der Waals surface area (Å²) >= 11 is 0. The van der Waals surface area contributed by atoms with Crippen molar-refractivity contribution in [1.82, 2.24) is 5.32 Å². The van der Waals surface area contributed by atoms with E-state index in [-0.39, 0.29) is 0 Å². The first-order valence-corrected chi connectivity index (χ1v) is 6.47. The molecular formula is C14H21NO3. The summed E-state index contributed by atoms with van der Waals surface area (Å²) in [6, 6.07) is 7.63. The summed E-state index contributed by atoms with van der Waals surface area (Å²) in [5.74, 6) is 1.72. The summed E-state index contributed by atoms with van der Waals surface area (Å²) in [4.78, 5) is 0. The van der Waals surface area contributed by atoms with Crippen LogP contribution in [0.4, 0.5) is 0 Å². The number of hydrogen-bond donors (Lipinski definition) is 1. The summed E-state index contributed by atoms with van der Waals surface area (Å²) in [5.41, 5.74) is 0. The Labute approximate surface area is 108 Å². The molecule has 0 radical (unpaired) electrons. The molecule has 0 aromatic heterocycles. The molecule has 1 N–H and O–H groups in total. The number of nitrogens with one attached hydrogen (secondary N) is 1. The highest BCUT2D eigenvalue weighted by Crippen LogP contribution is 2.16. The molecule has 0 spiro atoms. The minimum atomic E-state index is 0.394. The van der Waals surface area contributed by atoms with E-state index in [0.717, 1.165) is 31.2 Å². The van der Waals surface area contributed by atoms with E-state index in [1.807, 2.05) is 24.3 Å². The maximum atomic E-state index is 5.61. The molecule has 4 heteroatoms. The second kappa shape index (κ2) is 7.24. The van der Waals surface area contributed by atoms with E-state index >= 15 is 0 Å². The van der Waals surface area contributed by atoms with Crippen molar-refractivity contribution in [3.63, 3.8) is 0 Å². The fourth-order valence-electron chi connectivity index (χ4n) is 1.98. The smallest absolute Gasteiger partial charge is 0.119 e. The van der Waals surface area contributed by atoms with Crippen molar-refractivity contribution >= 4 is 0 Å². The van der Waals surface area contributed by atoms with Gasteiger partial charge in [0.05, 0.1) is 13.2 Å². The fraction of sp³-hybridized carbons (Fsp3) is 0.571. The average Bonchev–Trinajstić information content (AvgIpc) is 2.92. The lowest BCUT2D eigenvalue weighted by Crippen LogP contribution is -2.29. The molecule has 0 bridgehead atoms. The molecular weight excluding hydrogens is 230 g/mol. The predicted molar refractivity (Wildman–Crippen MR) is 70.3 cm³/mol. The van der Waals surface area contributed by atoms with Crippen LogP contribution < -0.4 is 14.8 Å². The minimum Gasteiger partial charge on any atom is -0.497 e. The van der Waals surface area contributed by atoms with Crippen LogP contribution in [0.3, 0.4) is 0 Å². The Balaban J connectivity index is 1.56. The third-order valence-corrected chi connectivity index (χ3v) is 3.00. The summed E-state index contributed by atoms with van der Waals surface area (Å²) in [6.45, 7) is 3.34. The molecule has 1 aliphatic rings. The van der Waals surface area contributed by atoms with Crippen molar-refractivity contribution in [3.8, 4) is 11.5 Å². The van der Waals surface area contributed by atoms with Crippen molar-refractivity contribution in [2.75, 3.05) is 33.4 Å². The second-order valence-electron chi connectivity index (χ2n) is 4.36. The van der Waals surface area contributed by atoms with Gasteiger partial charge in [0.15, 0.2) is 0 Å². The van der Waals surface area contributed by atoms with Crippen LogP contribution in [-0.2, 0) is 4.74 Å². The molecule has 4 nitrogen and oxygen atoms in total. The highest BCUT2D eigenvalue weighted by atomic mass is 16.5. The Kier molecular flexibility index (Phi) is 5.30. The maximum absolute atomic E-state index is 5.61. The molecule has 1 atom stereocenters. The lowest BCUT2D eigenvalue weighted by Gasteiger charge is -2.11. The normalized spacial score (nSPS) is 18.8. The van der Waals surface area contributed by atoms with E-state index in [1.165, 1.54) is 12.8 Å². The molecule has 18 heavy (non-hydrogen) atoms. The van der Waals surface area contributed by atoms with Crippen molar-refractivity contribution < 1.29 is 14.2 Å². The maximum Gasteiger partial charge on any atom is 0.119 e. The van der Waals surface area contributed by atoms with Gasteiger partial charge in [-0.1, -0.05) is 0 Å². The Morgan fingerprint density at radius 3 is 2.72 bits per heavy atom. The lowest BCUT2D eigenvalue weighted by molar-refractivity contribution is 0.109. The van der Waals surface area contributed by atoms with Crippen molar-refractivity contribution in [1.29, 1.82) is 0 Å². The van der Waals surface area contributed by atoms with E-state index in [1.54, 1.807) is 7.11 Å². The topological polar surface area (TPSA) is 39.7 Å². The van der Waals surface area contributed by atoms with Gasteiger partial charge in [0.2, 0.25) is 0 Å². The molecule has 2 rings (SSSR count). The van der Waals surface area contributed by atoms with E-state index in [9.17, 15) is 0 Å². The number of rotatable bonds is 7. The van der Waals surface area contributed by atoms with Gasteiger partial charge in [0.1, 0.15) is 18.1 Å². The van der Waals surface area contributed by atoms with Crippen LogP contribution in [0, 0.1) is 0 Å². The van der Waals surface area contributed by atoms with Crippen LogP contribution in [0.25, 0.3) is 0 Å². The molecule has 0 unspecified atom stereocenters. The van der Waals surface area contributed by atoms with E-state index in [4.69, 9.17) is 14.2 Å². The first-order valence-electron chi connectivity index (χ1n) is 6.47. The van der Waals surface area contributed by atoms with Gasteiger partial charge in [-0.2, -0.15) is 0 Å². The molecule has 1 aliphatic heterocycles. The standard InChI is InChI=1S/C14H21NO3/c1-16-12-4-6-13(7-5-12)18-10-8-15-11-14-3-2-9-17-14/h4-7,14-15H,2-3,8-11H2,1H3/t14-/m0/s1. The Morgan fingerprint density at radius 2 is 2.06 bits per heavy atom. The van der Waals surface area contributed by atoms with E-state index in [2.05, 4.69) is 5.32 Å². The van der Waals surface area contributed by atoms with Crippen LogP contribution in [0.5, 0.6) is 11.5 Å². The Morgan fingerprint density at radius 1 is 1.28 bits per heavy atom. The van der Waals surface area contributed by atoms with Gasteiger partial charge >= 0.3 is 0 Å². The largest absolute Gasteiger partial charge is 0.497 e. The van der Waals surface area contributed by atoms with Crippen molar-refractivity contribution in [2.24, 2.45) is 0 Å². The van der Waals surface area contributed by atoms with Gasteiger partial charge in [-0.15, -0.1) is 0 Å². The summed E-state index contributed by atoms with van der Waals surface area (Å²) in [6.07, 6.45) is 2.76. The Hall–Kier alpha value is -1.26. The monoisotopic (exact) mass is 251 g/mol. The summed E-state index contributed by atoms with van der Waals surface area (Å²) in [7, 11) is 1.66. The average molecular weight is 251 g/mol. The number of methoxy groups -OCH3 is 1. The molecule has 0 aliphatic carbocycles. The van der Waals surface area contributed by atoms with Gasteiger partial charge < -0.3 is 19.5 Å². The zero-order valence-corrected chi connectivity index (χ0v) is 10.9. The number of benzene rings is 1. The Bertz CT molecular complexity index is 333. The molecule has 1 heterocycles. The lowest BCUT2D eigenvalue weighted by atomic mass is 10.2. The molecule has 1 aromatic carbocycles. The first-order chi connectivity index (χ1) is 8.88. The van der Waals surface area contributed by atoms with Crippen LogP contribution >= 0.6 is 0 Å². The van der Waals surface area contributed by atoms with Gasteiger partial charge in [-0.05, 0) is 37.1 Å². The van der Waals surface area contributed by atoms with Gasteiger partial charge in [0.25, 0.3) is 0 Å². The first kappa shape index (κ1) is 13.2. The third kappa shape index (κ3) is 4.20. The van der Waals surface area contributed by atoms with Crippen LogP contribution in [0.15, 0.2) is 24.3 Å². The van der Waals surface area contributed by atoms with Gasteiger partial charge in [0, 0.05) is 19.7 Å². The van der Waals surface area contributed by atoms with Crippen molar-refractivity contribution in [2.45, 2.75) is 18.9 Å². The van der Waals surface area contributed by atoms with Gasteiger partial charge in [-0.25, -0.2) is 0 Å². The fourth-order valence-corrected chi connectivity index (χ4v) is 1.98. The van der Waals surface area contributed by atoms with E-state index < -0.39 is 0 Å². The highest BCUT2D eigenvalue weighted by Gasteiger charge is 2.14.